The van der Waals surface area contributed by atoms with E-state index in [0.29, 0.717) is 32.1 Å². The maximum atomic E-state index is 13.1. The highest BCUT2D eigenvalue weighted by molar-refractivity contribution is 7.47. The van der Waals surface area contributed by atoms with E-state index in [0.717, 1.165) is 128 Å². The van der Waals surface area contributed by atoms with Crippen LogP contribution in [0.15, 0.2) is 85.1 Å². The van der Waals surface area contributed by atoms with Gasteiger partial charge in [-0.1, -0.05) is 312 Å². The molecule has 0 aliphatic carbocycles. The Balaban J connectivity index is 5.38. The molecule has 0 aromatic heterocycles. The van der Waals surface area contributed by atoms with E-state index in [1.165, 1.54) is 135 Å². The van der Waals surface area contributed by atoms with Gasteiger partial charge in [0.2, 0.25) is 0 Å². The summed E-state index contributed by atoms with van der Waals surface area (Å²) in [5, 5.41) is 10.6. The summed E-state index contributed by atoms with van der Waals surface area (Å²) in [4.78, 5) is 72.9. The Morgan fingerprint density at radius 3 is 0.860 bits per heavy atom. The van der Waals surface area contributed by atoms with Crippen molar-refractivity contribution >= 4 is 39.5 Å². The fraction of sp³-hybridized carbons (Fsp3) is 0.778. The van der Waals surface area contributed by atoms with Crippen molar-refractivity contribution in [2.24, 2.45) is 0 Å². The smallest absolute Gasteiger partial charge is 0.462 e. The normalized spacial score (nSPS) is 14.3. The Morgan fingerprint density at radius 2 is 0.530 bits per heavy atom. The van der Waals surface area contributed by atoms with Crippen LogP contribution in [0.4, 0.5) is 0 Å². The standard InChI is InChI=1S/C81H144O17P2/c1-5-9-13-17-21-25-29-33-36-37-40-43-46-50-54-58-62-66-79(84)92-71-76(97-80(85)67-63-59-55-51-47-41-32-28-24-20-16-12-8-4)73-95-99(87,88)93-69-75(82)70-94-100(89,90)96-74-77(98-81(86)68-64-60-56-52-48-44-39-35-31-27-23-19-15-11-7-3)72-91-78(83)65-61-57-53-49-45-42-38-34-30-26-22-18-14-10-6-2/h9,13,21-22,25-26,33-34,36,38,40,43,50,54,75-77,82H,5-8,10-12,14-20,23-24,27-32,35,37,39,41-42,44-49,51-53,55-74H2,1-4H3,(H,87,88)(H,89,90)/b13-9-,25-21-,26-22-,36-33-,38-34-,43-40-,54-50-. The van der Waals surface area contributed by atoms with Gasteiger partial charge in [0.15, 0.2) is 12.2 Å². The highest BCUT2D eigenvalue weighted by Crippen LogP contribution is 2.45. The predicted molar refractivity (Wildman–Crippen MR) is 409 cm³/mol. The van der Waals surface area contributed by atoms with E-state index in [9.17, 15) is 43.2 Å². The van der Waals surface area contributed by atoms with Crippen LogP contribution in [0.5, 0.6) is 0 Å². The zero-order chi connectivity index (χ0) is 73.2. The molecule has 19 heteroatoms. The number of unbranched alkanes of at least 4 members (excludes halogenated alkanes) is 35. The van der Waals surface area contributed by atoms with Gasteiger partial charge in [-0.05, 0) is 96.3 Å². The summed E-state index contributed by atoms with van der Waals surface area (Å²) in [6.45, 7) is 4.71. The molecule has 0 aliphatic heterocycles. The van der Waals surface area contributed by atoms with Gasteiger partial charge >= 0.3 is 39.5 Å². The lowest BCUT2D eigenvalue weighted by atomic mass is 10.0. The second kappa shape index (κ2) is 73.5. The first-order valence-corrected chi connectivity index (χ1v) is 42.8. The number of carbonyl (C=O) groups excluding carboxylic acids is 4. The summed E-state index contributed by atoms with van der Waals surface area (Å²) >= 11 is 0. The zero-order valence-corrected chi connectivity index (χ0v) is 65.2. The van der Waals surface area contributed by atoms with E-state index in [2.05, 4.69) is 101 Å². The molecule has 17 nitrogen and oxygen atoms in total. The first-order chi connectivity index (χ1) is 48.7. The van der Waals surface area contributed by atoms with Crippen molar-refractivity contribution in [2.45, 2.75) is 367 Å². The topological polar surface area (TPSA) is 237 Å². The Labute approximate surface area is 608 Å². The van der Waals surface area contributed by atoms with Crippen molar-refractivity contribution in [3.63, 3.8) is 0 Å². The minimum atomic E-state index is -4.98. The Morgan fingerprint density at radius 1 is 0.290 bits per heavy atom. The lowest BCUT2D eigenvalue weighted by Gasteiger charge is -2.21. The Kier molecular flexibility index (Phi) is 70.8. The number of aliphatic hydroxyl groups excluding tert-OH is 1. The molecular weight excluding hydrogens is 1310 g/mol. The third-order valence-corrected chi connectivity index (χ3v) is 18.8. The number of esters is 4. The monoisotopic (exact) mass is 1450 g/mol. The molecule has 0 saturated carbocycles. The van der Waals surface area contributed by atoms with E-state index in [1.807, 2.05) is 12.2 Å². The molecule has 0 saturated heterocycles. The second-order valence-electron chi connectivity index (χ2n) is 26.6. The van der Waals surface area contributed by atoms with Gasteiger partial charge in [0.1, 0.15) is 19.3 Å². The van der Waals surface area contributed by atoms with Crippen LogP contribution in [0.2, 0.25) is 0 Å². The highest BCUT2D eigenvalue weighted by atomic mass is 31.2. The number of ether oxygens (including phenoxy) is 4. The molecule has 0 amide bonds. The van der Waals surface area contributed by atoms with Crippen LogP contribution in [0.1, 0.15) is 349 Å². The molecule has 100 heavy (non-hydrogen) atoms. The van der Waals surface area contributed by atoms with Crippen LogP contribution < -0.4 is 0 Å². The third kappa shape index (κ3) is 72.6. The molecule has 3 N–H and O–H groups in total. The fourth-order valence-corrected chi connectivity index (χ4v) is 12.4. The molecule has 5 unspecified atom stereocenters. The van der Waals surface area contributed by atoms with Gasteiger partial charge in [-0.25, -0.2) is 9.13 Å². The highest BCUT2D eigenvalue weighted by Gasteiger charge is 2.30. The summed E-state index contributed by atoms with van der Waals surface area (Å²) < 4.78 is 68.5. The van der Waals surface area contributed by atoms with Gasteiger partial charge in [-0.15, -0.1) is 0 Å². The van der Waals surface area contributed by atoms with Gasteiger partial charge in [-0.2, -0.15) is 0 Å². The average molecular weight is 1450 g/mol. The van der Waals surface area contributed by atoms with E-state index < -0.39 is 97.5 Å². The van der Waals surface area contributed by atoms with Gasteiger partial charge < -0.3 is 33.8 Å². The quantitative estimate of drug-likeness (QED) is 0.0169. The van der Waals surface area contributed by atoms with E-state index in [1.54, 1.807) is 0 Å². The van der Waals surface area contributed by atoms with Crippen LogP contribution in [0.25, 0.3) is 0 Å². The first kappa shape index (κ1) is 96.2. The second-order valence-corrected chi connectivity index (χ2v) is 29.5. The Bertz CT molecular complexity index is 2230. The number of rotatable bonds is 75. The van der Waals surface area contributed by atoms with Crippen LogP contribution in [-0.2, 0) is 65.4 Å². The largest absolute Gasteiger partial charge is 0.472 e. The van der Waals surface area contributed by atoms with Crippen LogP contribution in [0, 0.1) is 0 Å². The van der Waals surface area contributed by atoms with Crippen molar-refractivity contribution in [3.05, 3.63) is 85.1 Å². The zero-order valence-electron chi connectivity index (χ0n) is 63.4. The molecule has 0 aromatic carbocycles. The molecule has 0 rings (SSSR count). The van der Waals surface area contributed by atoms with Gasteiger partial charge in [0.25, 0.3) is 0 Å². The number of hydrogen-bond donors (Lipinski definition) is 3. The Hall–Kier alpha value is -3.76. The molecule has 0 radical (unpaired) electrons. The maximum absolute atomic E-state index is 13.1. The van der Waals surface area contributed by atoms with E-state index in [4.69, 9.17) is 37.0 Å². The van der Waals surface area contributed by atoms with Crippen molar-refractivity contribution in [1.82, 2.24) is 0 Å². The number of phosphoric ester groups is 2. The van der Waals surface area contributed by atoms with Crippen LogP contribution in [-0.4, -0.2) is 96.7 Å². The molecule has 5 atom stereocenters. The summed E-state index contributed by atoms with van der Waals surface area (Å²) in [7, 11) is -9.96. The molecule has 0 heterocycles. The molecule has 580 valence electrons. The number of hydrogen-bond acceptors (Lipinski definition) is 15. The fourth-order valence-electron chi connectivity index (χ4n) is 10.8. The minimum absolute atomic E-state index is 0.0859. The van der Waals surface area contributed by atoms with Gasteiger partial charge in [0.05, 0.1) is 26.4 Å². The summed E-state index contributed by atoms with van der Waals surface area (Å²) in [6, 6.07) is 0. The summed E-state index contributed by atoms with van der Waals surface area (Å²) in [5.41, 5.74) is 0. The SMILES string of the molecule is CC/C=C\C/C=C\C/C=C\C/C=C\C/C=C\CCCC(=O)OCC(COP(=O)(O)OCC(O)COP(=O)(O)OCC(COC(=O)CCCCCCC/C=C\C/C=C\CCCCC)OC(=O)CCCCCCCCCCCCCCCCC)OC(=O)CCCCCCCCCCCCCCC. The van der Waals surface area contributed by atoms with Crippen molar-refractivity contribution in [2.75, 3.05) is 39.6 Å². The summed E-state index contributed by atoms with van der Waals surface area (Å²) in [5.74, 6) is -2.23. The van der Waals surface area contributed by atoms with E-state index >= 15 is 0 Å². The number of carbonyl (C=O) groups is 4. The minimum Gasteiger partial charge on any atom is -0.462 e. The number of allylic oxidation sites excluding steroid dienone is 14. The maximum Gasteiger partial charge on any atom is 0.472 e. The molecule has 0 bridgehead atoms. The first-order valence-electron chi connectivity index (χ1n) is 39.8. The molecule has 0 fully saturated rings. The van der Waals surface area contributed by atoms with Gasteiger partial charge in [0, 0.05) is 25.7 Å². The van der Waals surface area contributed by atoms with Crippen molar-refractivity contribution < 1.29 is 80.2 Å². The molecule has 0 spiro atoms. The molecule has 0 aromatic rings. The van der Waals surface area contributed by atoms with Crippen molar-refractivity contribution in [1.29, 1.82) is 0 Å². The lowest BCUT2D eigenvalue weighted by molar-refractivity contribution is -0.161. The predicted octanol–water partition coefficient (Wildman–Crippen LogP) is 23.0. The van der Waals surface area contributed by atoms with Crippen LogP contribution >= 0.6 is 15.6 Å². The van der Waals surface area contributed by atoms with E-state index in [-0.39, 0.29) is 25.7 Å². The van der Waals surface area contributed by atoms with Gasteiger partial charge in [-0.3, -0.25) is 37.3 Å². The molecule has 0 aliphatic rings. The lowest BCUT2D eigenvalue weighted by Crippen LogP contribution is -2.30. The summed E-state index contributed by atoms with van der Waals surface area (Å²) in [6.07, 6.45) is 75.7. The third-order valence-electron chi connectivity index (χ3n) is 16.9. The average Bonchev–Trinajstić information content (AvgIpc) is 0.965. The number of aliphatic hydroxyl groups is 1. The van der Waals surface area contributed by atoms with Crippen LogP contribution in [0.3, 0.4) is 0 Å². The van der Waals surface area contributed by atoms with Crippen molar-refractivity contribution in [3.8, 4) is 0 Å². The number of phosphoric acid groups is 2. The molecular formula is C81H144O17P2.